The molecule has 0 radical (unpaired) electrons. The molecule has 1 amide bonds. The Morgan fingerprint density at radius 3 is 2.35 bits per heavy atom. The Labute approximate surface area is 221 Å². The van der Waals surface area contributed by atoms with Crippen molar-refractivity contribution in [2.75, 3.05) is 24.3 Å². The minimum Gasteiger partial charge on any atom is -0.468 e. The quantitative estimate of drug-likeness (QED) is 0.247. The van der Waals surface area contributed by atoms with Gasteiger partial charge in [0.05, 0.1) is 7.11 Å². The predicted molar refractivity (Wildman–Crippen MR) is 151 cm³/mol. The average molecular weight is 517 g/mol. The van der Waals surface area contributed by atoms with Gasteiger partial charge < -0.3 is 14.2 Å². The highest BCUT2D eigenvalue weighted by Gasteiger charge is 2.28. The van der Waals surface area contributed by atoms with Crippen molar-refractivity contribution in [2.24, 2.45) is 5.92 Å². The van der Waals surface area contributed by atoms with Gasteiger partial charge in [0.15, 0.2) is 5.12 Å². The molecule has 0 saturated carbocycles. The van der Waals surface area contributed by atoms with Crippen LogP contribution in [0.1, 0.15) is 25.8 Å². The molecule has 1 heterocycles. The molecule has 4 aromatic rings. The van der Waals surface area contributed by atoms with Gasteiger partial charge in [-0.15, -0.1) is 0 Å². The zero-order valence-electron chi connectivity index (χ0n) is 21.5. The summed E-state index contributed by atoms with van der Waals surface area (Å²) in [7, 11) is 1.32. The van der Waals surface area contributed by atoms with E-state index in [1.807, 2.05) is 60.7 Å². The van der Waals surface area contributed by atoms with Crippen molar-refractivity contribution >= 4 is 56.2 Å². The van der Waals surface area contributed by atoms with Crippen LogP contribution in [0.25, 0.3) is 21.8 Å². The largest absolute Gasteiger partial charge is 0.468 e. The number of hydrogen-bond acceptors (Lipinski definition) is 5. The molecule has 0 aliphatic rings. The first kappa shape index (κ1) is 26.5. The third-order valence-electron chi connectivity index (χ3n) is 6.63. The second-order valence-electron chi connectivity index (χ2n) is 8.99. The van der Waals surface area contributed by atoms with Crippen LogP contribution in [0.5, 0.6) is 0 Å². The molecule has 0 spiro atoms. The summed E-state index contributed by atoms with van der Waals surface area (Å²) in [6.07, 6.45) is 1.27. The second-order valence-corrected chi connectivity index (χ2v) is 10.2. The van der Waals surface area contributed by atoms with Crippen LogP contribution >= 0.6 is 11.8 Å². The molecule has 1 unspecified atom stereocenters. The molecule has 1 atom stereocenters. The number of hydrogen-bond donors (Lipinski definition) is 0. The van der Waals surface area contributed by atoms with E-state index < -0.39 is 11.9 Å². The number of aromatic nitrogens is 1. The molecular formula is C30H32N2O4S. The number of fused-ring (bicyclic) bond motifs is 3. The van der Waals surface area contributed by atoms with Crippen molar-refractivity contribution in [2.45, 2.75) is 33.2 Å². The Morgan fingerprint density at radius 1 is 0.946 bits per heavy atom. The number of anilines is 1. The molecule has 192 valence electrons. The van der Waals surface area contributed by atoms with Crippen LogP contribution in [0.3, 0.4) is 0 Å². The first-order chi connectivity index (χ1) is 17.9. The number of para-hydroxylation sites is 1. The average Bonchev–Trinajstić information content (AvgIpc) is 3.24. The third kappa shape index (κ3) is 6.05. The molecule has 0 aliphatic carbocycles. The van der Waals surface area contributed by atoms with Gasteiger partial charge in [0, 0.05) is 52.6 Å². The first-order valence-electron chi connectivity index (χ1n) is 12.5. The van der Waals surface area contributed by atoms with E-state index in [0.717, 1.165) is 45.7 Å². The lowest BCUT2D eigenvalue weighted by atomic mass is 9.99. The molecule has 3 aromatic carbocycles. The molecule has 37 heavy (non-hydrogen) atoms. The summed E-state index contributed by atoms with van der Waals surface area (Å²) in [6.45, 7) is 4.24. The standard InChI is InChI=1S/C30H32N2O4S/c1-4-31-27-13-9-8-12-25(27)26-18-24(16-17-28(26)31)32(19-29(34)36-3)30(35)23(20-37-21(2)33)15-14-22-10-6-5-7-11-22/h5-13,16-18,23H,4,14-15,19-20H2,1-3H3. The SMILES string of the molecule is CCn1c2ccccc2c2cc(N(CC(=O)OC)C(=O)C(CCc3ccccc3)CSC(C)=O)ccc21. The maximum atomic E-state index is 14.0. The number of amides is 1. The van der Waals surface area contributed by atoms with E-state index in [1.54, 1.807) is 0 Å². The van der Waals surface area contributed by atoms with Crippen molar-refractivity contribution < 1.29 is 19.1 Å². The summed E-state index contributed by atoms with van der Waals surface area (Å²) < 4.78 is 7.19. The first-order valence-corrected chi connectivity index (χ1v) is 13.5. The zero-order valence-corrected chi connectivity index (χ0v) is 22.3. The number of rotatable bonds is 10. The Bertz CT molecular complexity index is 1410. The van der Waals surface area contributed by atoms with Gasteiger partial charge in [-0.25, -0.2) is 0 Å². The summed E-state index contributed by atoms with van der Waals surface area (Å²) in [5.41, 5.74) is 3.97. The fraction of sp³-hybridized carbons (Fsp3) is 0.300. The minimum atomic E-state index is -0.495. The Balaban J connectivity index is 1.72. The third-order valence-corrected chi connectivity index (χ3v) is 7.60. The fourth-order valence-electron chi connectivity index (χ4n) is 4.74. The van der Waals surface area contributed by atoms with Crippen LogP contribution < -0.4 is 4.90 Å². The van der Waals surface area contributed by atoms with Crippen LogP contribution in [0.4, 0.5) is 5.69 Å². The summed E-state index contributed by atoms with van der Waals surface area (Å²) >= 11 is 1.14. The number of benzene rings is 3. The smallest absolute Gasteiger partial charge is 0.325 e. The van der Waals surface area contributed by atoms with Gasteiger partial charge in [0.1, 0.15) is 6.54 Å². The molecule has 4 rings (SSSR count). The normalized spacial score (nSPS) is 12.0. The van der Waals surface area contributed by atoms with Crippen LogP contribution in [0.15, 0.2) is 72.8 Å². The number of carbonyl (C=O) groups is 3. The summed E-state index contributed by atoms with van der Waals surface area (Å²) in [5.74, 6) is -0.763. The second kappa shape index (κ2) is 12.1. The van der Waals surface area contributed by atoms with Crippen molar-refractivity contribution in [3.8, 4) is 0 Å². The van der Waals surface area contributed by atoms with Crippen molar-refractivity contribution in [3.63, 3.8) is 0 Å². The van der Waals surface area contributed by atoms with Gasteiger partial charge in [-0.3, -0.25) is 14.4 Å². The minimum absolute atomic E-state index is 0.0363. The molecule has 0 bridgehead atoms. The van der Waals surface area contributed by atoms with Crippen LogP contribution in [-0.2, 0) is 32.1 Å². The predicted octanol–water partition coefficient (Wildman–Crippen LogP) is 5.85. The van der Waals surface area contributed by atoms with E-state index in [4.69, 9.17) is 4.74 Å². The number of nitrogens with zero attached hydrogens (tertiary/aromatic N) is 2. The summed E-state index contributed by atoms with van der Waals surface area (Å²) in [4.78, 5) is 39.7. The highest BCUT2D eigenvalue weighted by Crippen LogP contribution is 2.33. The van der Waals surface area contributed by atoms with Crippen LogP contribution in [-0.4, -0.2) is 41.0 Å². The molecular weight excluding hydrogens is 484 g/mol. The highest BCUT2D eigenvalue weighted by atomic mass is 32.2. The van der Waals surface area contributed by atoms with Crippen molar-refractivity contribution in [1.29, 1.82) is 0 Å². The Hall–Kier alpha value is -3.58. The van der Waals surface area contributed by atoms with Gasteiger partial charge in [-0.2, -0.15) is 0 Å². The number of carbonyl (C=O) groups excluding carboxylic acids is 3. The summed E-state index contributed by atoms with van der Waals surface area (Å²) in [5, 5.41) is 2.09. The van der Waals surface area contributed by atoms with E-state index in [2.05, 4.69) is 23.6 Å². The van der Waals surface area contributed by atoms with E-state index in [0.29, 0.717) is 24.3 Å². The highest BCUT2D eigenvalue weighted by molar-refractivity contribution is 8.13. The zero-order chi connectivity index (χ0) is 26.4. The lowest BCUT2D eigenvalue weighted by Crippen LogP contribution is -2.41. The summed E-state index contributed by atoms with van der Waals surface area (Å²) in [6, 6.07) is 24.0. The number of esters is 1. The van der Waals surface area contributed by atoms with Crippen LogP contribution in [0, 0.1) is 5.92 Å². The molecule has 0 aliphatic heterocycles. The number of aryl methyl sites for hydroxylation is 2. The molecule has 1 aromatic heterocycles. The monoisotopic (exact) mass is 516 g/mol. The van der Waals surface area contributed by atoms with Crippen molar-refractivity contribution in [3.05, 3.63) is 78.4 Å². The molecule has 7 heteroatoms. The van der Waals surface area contributed by atoms with Gasteiger partial charge in [0.2, 0.25) is 5.91 Å². The lowest BCUT2D eigenvalue weighted by Gasteiger charge is -2.27. The Kier molecular flexibility index (Phi) is 8.66. The van der Waals surface area contributed by atoms with Gasteiger partial charge in [-0.1, -0.05) is 60.3 Å². The van der Waals surface area contributed by atoms with E-state index >= 15 is 0 Å². The molecule has 0 saturated heterocycles. The fourth-order valence-corrected chi connectivity index (χ4v) is 5.49. The number of methoxy groups -OCH3 is 1. The number of thioether (sulfide) groups is 1. The molecule has 0 fully saturated rings. The molecule has 6 nitrogen and oxygen atoms in total. The van der Waals surface area contributed by atoms with E-state index in [-0.39, 0.29) is 17.6 Å². The lowest BCUT2D eigenvalue weighted by molar-refractivity contribution is -0.140. The maximum absolute atomic E-state index is 14.0. The van der Waals surface area contributed by atoms with E-state index in [9.17, 15) is 14.4 Å². The number of ether oxygens (including phenoxy) is 1. The van der Waals surface area contributed by atoms with Crippen molar-refractivity contribution in [1.82, 2.24) is 4.57 Å². The van der Waals surface area contributed by atoms with Crippen LogP contribution in [0.2, 0.25) is 0 Å². The topological polar surface area (TPSA) is 68.6 Å². The van der Waals surface area contributed by atoms with Gasteiger partial charge in [0.25, 0.3) is 0 Å². The van der Waals surface area contributed by atoms with Gasteiger partial charge in [-0.05, 0) is 49.6 Å². The van der Waals surface area contributed by atoms with E-state index in [1.165, 1.54) is 18.9 Å². The Morgan fingerprint density at radius 2 is 1.65 bits per heavy atom. The maximum Gasteiger partial charge on any atom is 0.325 e. The van der Waals surface area contributed by atoms with Gasteiger partial charge >= 0.3 is 5.97 Å². The molecule has 0 N–H and O–H groups in total.